The Morgan fingerprint density at radius 1 is 1.17 bits per heavy atom. The van der Waals surface area contributed by atoms with Gasteiger partial charge in [0, 0.05) is 30.9 Å². The third-order valence-electron chi connectivity index (χ3n) is 4.99. The maximum atomic E-state index is 12.5. The Labute approximate surface area is 177 Å². The first kappa shape index (κ1) is 21.4. The highest BCUT2D eigenvalue weighted by Gasteiger charge is 2.24. The molecule has 2 amide bonds. The monoisotopic (exact) mass is 411 g/mol. The quantitative estimate of drug-likeness (QED) is 0.605. The molecule has 2 aromatic rings. The van der Waals surface area contributed by atoms with Crippen LogP contribution in [0.5, 0.6) is 0 Å². The molecule has 0 radical (unpaired) electrons. The minimum Gasteiger partial charge on any atom is -0.448 e. The molecule has 1 aliphatic heterocycles. The van der Waals surface area contributed by atoms with Crippen LogP contribution in [0.2, 0.25) is 0 Å². The molecule has 0 saturated carbocycles. The van der Waals surface area contributed by atoms with Gasteiger partial charge < -0.3 is 30.9 Å². The first-order valence-electron chi connectivity index (χ1n) is 10.0. The number of nitrogens with zero attached hydrogens (tertiary/aromatic N) is 2. The number of para-hydroxylation sites is 2. The number of carbonyl (C=O) groups is 2. The van der Waals surface area contributed by atoms with Crippen LogP contribution in [0.25, 0.3) is 0 Å². The summed E-state index contributed by atoms with van der Waals surface area (Å²) in [5.41, 5.74) is 8.57. The Morgan fingerprint density at radius 3 is 2.60 bits per heavy atom. The first-order chi connectivity index (χ1) is 14.4. The number of alkyl carbamates (subject to hydrolysis) is 1. The number of nitrogens with two attached hydrogens (primary N) is 1. The summed E-state index contributed by atoms with van der Waals surface area (Å²) in [5, 5.41) is 5.74. The largest absolute Gasteiger partial charge is 0.448 e. The van der Waals surface area contributed by atoms with E-state index >= 15 is 0 Å². The van der Waals surface area contributed by atoms with E-state index in [0.29, 0.717) is 36.6 Å². The normalized spacial score (nSPS) is 15.8. The Morgan fingerprint density at radius 2 is 1.90 bits per heavy atom. The number of benzene rings is 2. The van der Waals surface area contributed by atoms with Gasteiger partial charge in [-0.2, -0.15) is 0 Å². The van der Waals surface area contributed by atoms with Crippen molar-refractivity contribution in [3.05, 3.63) is 54.1 Å². The highest BCUT2D eigenvalue weighted by molar-refractivity contribution is 6.05. The first-order valence-corrected chi connectivity index (χ1v) is 10.0. The van der Waals surface area contributed by atoms with Gasteiger partial charge in [-0.15, -0.1) is 0 Å². The number of nitrogens with one attached hydrogen (secondary N) is 2. The minimum absolute atomic E-state index is 0.0425. The van der Waals surface area contributed by atoms with Gasteiger partial charge >= 0.3 is 6.09 Å². The Bertz CT molecular complexity index is 869. The molecule has 1 saturated heterocycles. The van der Waals surface area contributed by atoms with Crippen molar-refractivity contribution < 1.29 is 14.3 Å². The van der Waals surface area contributed by atoms with E-state index in [-0.39, 0.29) is 18.0 Å². The van der Waals surface area contributed by atoms with Crippen molar-refractivity contribution in [3.8, 4) is 0 Å². The van der Waals surface area contributed by atoms with Crippen molar-refractivity contribution >= 4 is 29.1 Å². The van der Waals surface area contributed by atoms with Crippen molar-refractivity contribution in [2.45, 2.75) is 12.5 Å². The SMILES string of the molecule is CN(C)CCOC(=O)NC1CCN(c2ccc(C(=O)Nc3ccccc3N)cc2)C1. The lowest BCUT2D eigenvalue weighted by atomic mass is 10.1. The fourth-order valence-electron chi connectivity index (χ4n) is 3.27. The summed E-state index contributed by atoms with van der Waals surface area (Å²) in [6, 6.07) is 14.6. The van der Waals surface area contributed by atoms with Crippen LogP contribution in [0.1, 0.15) is 16.8 Å². The van der Waals surface area contributed by atoms with Gasteiger partial charge in [0.2, 0.25) is 0 Å². The second-order valence-corrected chi connectivity index (χ2v) is 7.60. The summed E-state index contributed by atoms with van der Waals surface area (Å²) < 4.78 is 5.19. The van der Waals surface area contributed by atoms with Crippen molar-refractivity contribution in [2.24, 2.45) is 0 Å². The molecule has 1 atom stereocenters. The van der Waals surface area contributed by atoms with Crippen molar-refractivity contribution in [1.82, 2.24) is 10.2 Å². The lowest BCUT2D eigenvalue weighted by molar-refractivity contribution is 0.102. The summed E-state index contributed by atoms with van der Waals surface area (Å²) in [6.07, 6.45) is 0.467. The van der Waals surface area contributed by atoms with Crippen LogP contribution in [0, 0.1) is 0 Å². The number of anilines is 3. The van der Waals surface area contributed by atoms with Crippen molar-refractivity contribution in [3.63, 3.8) is 0 Å². The van der Waals surface area contributed by atoms with Crippen LogP contribution in [-0.4, -0.2) is 63.3 Å². The number of amides is 2. The van der Waals surface area contributed by atoms with Crippen LogP contribution in [0.15, 0.2) is 48.5 Å². The molecule has 4 N–H and O–H groups in total. The van der Waals surface area contributed by atoms with E-state index in [9.17, 15) is 9.59 Å². The van der Waals surface area contributed by atoms with Crippen LogP contribution in [0.3, 0.4) is 0 Å². The number of hydrogen-bond donors (Lipinski definition) is 3. The summed E-state index contributed by atoms with van der Waals surface area (Å²) in [4.78, 5) is 28.5. The molecule has 3 rings (SSSR count). The van der Waals surface area contributed by atoms with Gasteiger partial charge in [0.15, 0.2) is 0 Å². The Hall–Kier alpha value is -3.26. The second-order valence-electron chi connectivity index (χ2n) is 7.60. The highest BCUT2D eigenvalue weighted by Crippen LogP contribution is 2.22. The topological polar surface area (TPSA) is 99.9 Å². The van der Waals surface area contributed by atoms with E-state index < -0.39 is 0 Å². The molecule has 1 fully saturated rings. The minimum atomic E-state index is -0.379. The molecule has 1 heterocycles. The van der Waals surface area contributed by atoms with Crippen LogP contribution in [-0.2, 0) is 4.74 Å². The predicted octanol–water partition coefficient (Wildman–Crippen LogP) is 2.39. The standard InChI is InChI=1S/C22H29N5O3/c1-26(2)13-14-30-22(29)24-17-11-12-27(15-17)18-9-7-16(8-10-18)21(28)25-20-6-4-3-5-19(20)23/h3-10,17H,11-15,23H2,1-2H3,(H,24,29)(H,25,28). The van der Waals surface area contributed by atoms with E-state index in [4.69, 9.17) is 10.5 Å². The molecule has 1 unspecified atom stereocenters. The smallest absolute Gasteiger partial charge is 0.407 e. The molecule has 160 valence electrons. The summed E-state index contributed by atoms with van der Waals surface area (Å²) in [7, 11) is 3.87. The van der Waals surface area contributed by atoms with Gasteiger partial charge in [-0.1, -0.05) is 12.1 Å². The molecular formula is C22H29N5O3. The van der Waals surface area contributed by atoms with Gasteiger partial charge in [-0.25, -0.2) is 4.79 Å². The maximum absolute atomic E-state index is 12.5. The van der Waals surface area contributed by atoms with E-state index in [0.717, 1.165) is 18.7 Å². The third kappa shape index (κ3) is 5.87. The van der Waals surface area contributed by atoms with E-state index in [2.05, 4.69) is 15.5 Å². The average molecular weight is 412 g/mol. The molecule has 0 aromatic heterocycles. The molecule has 2 aromatic carbocycles. The molecule has 1 aliphatic rings. The number of likely N-dealkylation sites (N-methyl/N-ethyl adjacent to an activating group) is 1. The highest BCUT2D eigenvalue weighted by atomic mass is 16.5. The van der Waals surface area contributed by atoms with E-state index in [1.54, 1.807) is 24.3 Å². The van der Waals surface area contributed by atoms with E-state index in [1.807, 2.05) is 43.3 Å². The van der Waals surface area contributed by atoms with Gasteiger partial charge in [-0.3, -0.25) is 4.79 Å². The maximum Gasteiger partial charge on any atom is 0.407 e. The lowest BCUT2D eigenvalue weighted by Crippen LogP contribution is -2.38. The number of ether oxygens (including phenoxy) is 1. The second kappa shape index (κ2) is 9.98. The molecule has 0 spiro atoms. The van der Waals surface area contributed by atoms with Crippen LogP contribution < -0.4 is 21.3 Å². The number of hydrogen-bond acceptors (Lipinski definition) is 6. The predicted molar refractivity (Wildman–Crippen MR) is 119 cm³/mol. The fraction of sp³-hybridized carbons (Fsp3) is 0.364. The lowest BCUT2D eigenvalue weighted by Gasteiger charge is -2.19. The van der Waals surface area contributed by atoms with E-state index in [1.165, 1.54) is 0 Å². The fourth-order valence-corrected chi connectivity index (χ4v) is 3.27. The summed E-state index contributed by atoms with van der Waals surface area (Å²) in [5.74, 6) is -0.208. The molecule has 0 bridgehead atoms. The molecule has 0 aliphatic carbocycles. The zero-order chi connectivity index (χ0) is 21.5. The van der Waals surface area contributed by atoms with Crippen molar-refractivity contribution in [1.29, 1.82) is 0 Å². The van der Waals surface area contributed by atoms with Gasteiger partial charge in [-0.05, 0) is 56.9 Å². The molecule has 8 heteroatoms. The van der Waals surface area contributed by atoms with Gasteiger partial charge in [0.1, 0.15) is 6.61 Å². The van der Waals surface area contributed by atoms with Crippen molar-refractivity contribution in [2.75, 3.05) is 56.3 Å². The zero-order valence-electron chi connectivity index (χ0n) is 17.4. The van der Waals surface area contributed by atoms with Gasteiger partial charge in [0.25, 0.3) is 5.91 Å². The summed E-state index contributed by atoms with van der Waals surface area (Å²) >= 11 is 0. The Kier molecular flexibility index (Phi) is 7.13. The third-order valence-corrected chi connectivity index (χ3v) is 4.99. The number of nitrogen functional groups attached to an aromatic ring is 1. The molecular weight excluding hydrogens is 382 g/mol. The van der Waals surface area contributed by atoms with Crippen LogP contribution in [0.4, 0.5) is 21.9 Å². The zero-order valence-corrected chi connectivity index (χ0v) is 17.4. The number of rotatable bonds is 7. The van der Waals surface area contributed by atoms with Crippen LogP contribution >= 0.6 is 0 Å². The average Bonchev–Trinajstić information content (AvgIpc) is 3.18. The molecule has 8 nitrogen and oxygen atoms in total. The van der Waals surface area contributed by atoms with Gasteiger partial charge in [0.05, 0.1) is 17.4 Å². The molecule has 30 heavy (non-hydrogen) atoms. The summed E-state index contributed by atoms with van der Waals surface area (Å²) in [6.45, 7) is 2.60. The Balaban J connectivity index is 1.50. The number of carbonyl (C=O) groups excluding carboxylic acids is 2.